The van der Waals surface area contributed by atoms with Gasteiger partial charge in [0, 0.05) is 12.6 Å². The standard InChI is InChI=1S/C25H33NO2/c1-18(28-17-19-9-6-5-7-10-19)16-26-14-13-25(4)23(26)15-20-21(24(25,2)3)11-8-12-22(20)27/h5-12,18,23,27H,13-17H2,1-4H3/t18-,23?,25+/m1/s1. The summed E-state index contributed by atoms with van der Waals surface area (Å²) in [5, 5.41) is 10.5. The average molecular weight is 380 g/mol. The van der Waals surface area contributed by atoms with E-state index in [2.05, 4.69) is 62.9 Å². The van der Waals surface area contributed by atoms with E-state index in [-0.39, 0.29) is 16.9 Å². The molecule has 28 heavy (non-hydrogen) atoms. The van der Waals surface area contributed by atoms with E-state index in [1.54, 1.807) is 0 Å². The Morgan fingerprint density at radius 3 is 2.61 bits per heavy atom. The summed E-state index contributed by atoms with van der Waals surface area (Å²) in [6, 6.07) is 16.9. The molecule has 1 aliphatic carbocycles. The van der Waals surface area contributed by atoms with Crippen LogP contribution in [0.4, 0.5) is 0 Å². The molecule has 150 valence electrons. The number of aromatic hydroxyl groups is 1. The summed E-state index contributed by atoms with van der Waals surface area (Å²) < 4.78 is 6.16. The van der Waals surface area contributed by atoms with Crippen molar-refractivity contribution >= 4 is 0 Å². The van der Waals surface area contributed by atoms with Crippen LogP contribution >= 0.6 is 0 Å². The predicted octanol–water partition coefficient (Wildman–Crippen LogP) is 4.91. The molecule has 0 saturated carbocycles. The van der Waals surface area contributed by atoms with Crippen LogP contribution in [-0.2, 0) is 23.2 Å². The number of ether oxygens (including phenoxy) is 1. The highest BCUT2D eigenvalue weighted by Gasteiger charge is 2.56. The first-order valence-corrected chi connectivity index (χ1v) is 10.5. The van der Waals surface area contributed by atoms with Crippen LogP contribution in [-0.4, -0.2) is 35.2 Å². The van der Waals surface area contributed by atoms with Gasteiger partial charge in [-0.3, -0.25) is 4.90 Å². The maximum Gasteiger partial charge on any atom is 0.119 e. The molecule has 1 aliphatic heterocycles. The predicted molar refractivity (Wildman–Crippen MR) is 114 cm³/mol. The summed E-state index contributed by atoms with van der Waals surface area (Å²) >= 11 is 0. The maximum atomic E-state index is 10.5. The molecule has 3 atom stereocenters. The Hall–Kier alpha value is -1.84. The first-order chi connectivity index (χ1) is 13.3. The summed E-state index contributed by atoms with van der Waals surface area (Å²) in [6.45, 7) is 12.0. The van der Waals surface area contributed by atoms with Crippen LogP contribution in [0.3, 0.4) is 0 Å². The van der Waals surface area contributed by atoms with Crippen molar-refractivity contribution in [2.45, 2.75) is 64.7 Å². The van der Waals surface area contributed by atoms with E-state index in [1.807, 2.05) is 18.2 Å². The van der Waals surface area contributed by atoms with Crippen molar-refractivity contribution in [2.75, 3.05) is 13.1 Å². The molecule has 0 radical (unpaired) electrons. The van der Waals surface area contributed by atoms with E-state index >= 15 is 0 Å². The Labute approximate surface area is 169 Å². The monoisotopic (exact) mass is 379 g/mol. The molecule has 2 aliphatic rings. The van der Waals surface area contributed by atoms with E-state index in [9.17, 15) is 5.11 Å². The molecule has 0 spiro atoms. The van der Waals surface area contributed by atoms with E-state index in [0.29, 0.717) is 18.4 Å². The van der Waals surface area contributed by atoms with Crippen LogP contribution in [0.2, 0.25) is 0 Å². The second-order valence-electron chi connectivity index (χ2n) is 9.42. The molecule has 1 heterocycles. The summed E-state index contributed by atoms with van der Waals surface area (Å²) in [5.74, 6) is 0.452. The van der Waals surface area contributed by atoms with Gasteiger partial charge in [-0.2, -0.15) is 0 Å². The fourth-order valence-corrected chi connectivity index (χ4v) is 5.47. The SMILES string of the molecule is C[C@H](CN1CC[C@@]2(C)C1Cc1c(O)cccc1C2(C)C)OCc1ccccc1. The molecular weight excluding hydrogens is 346 g/mol. The highest BCUT2D eigenvalue weighted by Crippen LogP contribution is 2.57. The van der Waals surface area contributed by atoms with Gasteiger partial charge >= 0.3 is 0 Å². The largest absolute Gasteiger partial charge is 0.508 e. The van der Waals surface area contributed by atoms with Gasteiger partial charge in [-0.1, -0.05) is 63.2 Å². The van der Waals surface area contributed by atoms with Crippen molar-refractivity contribution in [1.82, 2.24) is 4.90 Å². The van der Waals surface area contributed by atoms with Gasteiger partial charge in [-0.25, -0.2) is 0 Å². The number of nitrogens with zero attached hydrogens (tertiary/aromatic N) is 1. The fraction of sp³-hybridized carbons (Fsp3) is 0.520. The molecule has 1 saturated heterocycles. The number of benzene rings is 2. The van der Waals surface area contributed by atoms with Crippen molar-refractivity contribution < 1.29 is 9.84 Å². The van der Waals surface area contributed by atoms with E-state index in [4.69, 9.17) is 4.74 Å². The van der Waals surface area contributed by atoms with Gasteiger partial charge in [0.15, 0.2) is 0 Å². The van der Waals surface area contributed by atoms with E-state index in [0.717, 1.165) is 25.1 Å². The molecule has 2 aromatic rings. The van der Waals surface area contributed by atoms with Gasteiger partial charge in [0.1, 0.15) is 5.75 Å². The Morgan fingerprint density at radius 2 is 1.86 bits per heavy atom. The molecule has 0 bridgehead atoms. The Bertz CT molecular complexity index is 832. The number of hydrogen-bond donors (Lipinski definition) is 1. The number of rotatable bonds is 5. The Morgan fingerprint density at radius 1 is 1.11 bits per heavy atom. The lowest BCUT2D eigenvalue weighted by atomic mass is 9.54. The van der Waals surface area contributed by atoms with Crippen LogP contribution < -0.4 is 0 Å². The molecular formula is C25H33NO2. The molecule has 3 heteroatoms. The van der Waals surface area contributed by atoms with E-state index in [1.165, 1.54) is 17.5 Å². The summed E-state index contributed by atoms with van der Waals surface area (Å²) in [5.41, 5.74) is 3.92. The average Bonchev–Trinajstić information content (AvgIpc) is 3.00. The third kappa shape index (κ3) is 3.15. The first kappa shape index (κ1) is 19.5. The summed E-state index contributed by atoms with van der Waals surface area (Å²) in [4.78, 5) is 2.60. The van der Waals surface area contributed by atoms with Crippen LogP contribution in [0.15, 0.2) is 48.5 Å². The Kier molecular flexibility index (Phi) is 5.01. The number of hydrogen-bond acceptors (Lipinski definition) is 3. The van der Waals surface area contributed by atoms with Gasteiger partial charge in [0.2, 0.25) is 0 Å². The quantitative estimate of drug-likeness (QED) is 0.801. The van der Waals surface area contributed by atoms with Crippen molar-refractivity contribution in [3.63, 3.8) is 0 Å². The van der Waals surface area contributed by atoms with Crippen LogP contribution in [0.25, 0.3) is 0 Å². The van der Waals surface area contributed by atoms with Crippen LogP contribution in [0, 0.1) is 5.41 Å². The second-order valence-corrected chi connectivity index (χ2v) is 9.42. The first-order valence-electron chi connectivity index (χ1n) is 10.5. The third-order valence-electron chi connectivity index (χ3n) is 7.61. The van der Waals surface area contributed by atoms with Gasteiger partial charge in [0.05, 0.1) is 12.7 Å². The molecule has 3 nitrogen and oxygen atoms in total. The molecule has 1 fully saturated rings. The minimum Gasteiger partial charge on any atom is -0.508 e. The zero-order valence-corrected chi connectivity index (χ0v) is 17.6. The zero-order valence-electron chi connectivity index (χ0n) is 17.6. The van der Waals surface area contributed by atoms with Gasteiger partial charge < -0.3 is 9.84 Å². The normalized spacial score (nSPS) is 27.2. The lowest BCUT2D eigenvalue weighted by Gasteiger charge is -2.52. The lowest BCUT2D eigenvalue weighted by Crippen LogP contribution is -2.54. The number of likely N-dealkylation sites (tertiary alicyclic amines) is 1. The van der Waals surface area contributed by atoms with Crippen LogP contribution in [0.5, 0.6) is 5.75 Å². The third-order valence-corrected chi connectivity index (χ3v) is 7.61. The lowest BCUT2D eigenvalue weighted by molar-refractivity contribution is 0.00734. The van der Waals surface area contributed by atoms with Crippen molar-refractivity contribution in [2.24, 2.45) is 5.41 Å². The fourth-order valence-electron chi connectivity index (χ4n) is 5.47. The van der Waals surface area contributed by atoms with Gasteiger partial charge in [-0.05, 0) is 59.9 Å². The Balaban J connectivity index is 1.50. The van der Waals surface area contributed by atoms with Gasteiger partial charge in [-0.15, -0.1) is 0 Å². The highest BCUT2D eigenvalue weighted by atomic mass is 16.5. The molecule has 2 aromatic carbocycles. The highest BCUT2D eigenvalue weighted by molar-refractivity contribution is 5.48. The molecule has 0 amide bonds. The minimum atomic E-state index is 0.0346. The zero-order chi connectivity index (χ0) is 19.9. The smallest absolute Gasteiger partial charge is 0.119 e. The number of phenolic OH excluding ortho intramolecular Hbond substituents is 1. The molecule has 1 unspecified atom stereocenters. The minimum absolute atomic E-state index is 0.0346. The molecule has 1 N–H and O–H groups in total. The number of fused-ring (bicyclic) bond motifs is 2. The van der Waals surface area contributed by atoms with Crippen LogP contribution in [0.1, 0.15) is 50.8 Å². The second kappa shape index (κ2) is 7.20. The van der Waals surface area contributed by atoms with Gasteiger partial charge in [0.25, 0.3) is 0 Å². The molecule has 0 aromatic heterocycles. The summed E-state index contributed by atoms with van der Waals surface area (Å²) in [7, 11) is 0. The van der Waals surface area contributed by atoms with Crippen molar-refractivity contribution in [3.8, 4) is 5.75 Å². The topological polar surface area (TPSA) is 32.7 Å². The summed E-state index contributed by atoms with van der Waals surface area (Å²) in [6.07, 6.45) is 2.29. The maximum absolute atomic E-state index is 10.5. The van der Waals surface area contributed by atoms with Crippen molar-refractivity contribution in [1.29, 1.82) is 0 Å². The number of phenols is 1. The molecule has 4 rings (SSSR count). The van der Waals surface area contributed by atoms with E-state index < -0.39 is 0 Å². The van der Waals surface area contributed by atoms with Crippen molar-refractivity contribution in [3.05, 3.63) is 65.2 Å².